The summed E-state index contributed by atoms with van der Waals surface area (Å²) >= 11 is 6.88. The van der Waals surface area contributed by atoms with Crippen LogP contribution in [0.1, 0.15) is 32.1 Å². The highest BCUT2D eigenvalue weighted by atomic mass is 79.9. The van der Waals surface area contributed by atoms with Crippen molar-refractivity contribution in [2.24, 2.45) is 5.41 Å². The van der Waals surface area contributed by atoms with E-state index in [0.29, 0.717) is 16.8 Å². The zero-order chi connectivity index (χ0) is 14.6. The van der Waals surface area contributed by atoms with Crippen LogP contribution in [0.15, 0.2) is 22.7 Å². The van der Waals surface area contributed by atoms with Crippen LogP contribution in [0.25, 0.3) is 0 Å². The van der Waals surface area contributed by atoms with Gasteiger partial charge in [0.25, 0.3) is 5.69 Å². The van der Waals surface area contributed by atoms with E-state index >= 15 is 0 Å². The summed E-state index contributed by atoms with van der Waals surface area (Å²) in [6.07, 6.45) is 6.04. The molecular formula is C14H17Br2NO3. The normalized spacial score (nSPS) is 17.7. The van der Waals surface area contributed by atoms with Crippen molar-refractivity contribution >= 4 is 37.5 Å². The van der Waals surface area contributed by atoms with Crippen molar-refractivity contribution in [3.05, 3.63) is 32.8 Å². The molecule has 2 rings (SSSR count). The second-order valence-electron chi connectivity index (χ2n) is 5.39. The summed E-state index contributed by atoms with van der Waals surface area (Å²) in [5.74, 6) is 0.553. The molecule has 0 saturated heterocycles. The van der Waals surface area contributed by atoms with Crippen molar-refractivity contribution in [1.29, 1.82) is 0 Å². The van der Waals surface area contributed by atoms with E-state index < -0.39 is 4.92 Å². The van der Waals surface area contributed by atoms with Gasteiger partial charge in [-0.15, -0.1) is 0 Å². The predicted octanol–water partition coefficient (Wildman–Crippen LogP) is 5.08. The van der Waals surface area contributed by atoms with Crippen LogP contribution in [0, 0.1) is 15.5 Å². The first-order valence-electron chi connectivity index (χ1n) is 6.68. The summed E-state index contributed by atoms with van der Waals surface area (Å²) in [5.41, 5.74) is 0.209. The number of non-ortho nitro benzene ring substituents is 1. The van der Waals surface area contributed by atoms with Gasteiger partial charge in [-0.1, -0.05) is 51.1 Å². The molecule has 1 fully saturated rings. The lowest BCUT2D eigenvalue weighted by Crippen LogP contribution is -2.32. The number of halogens is 2. The second-order valence-corrected chi connectivity index (χ2v) is 6.86. The molecule has 0 unspecified atom stereocenters. The molecule has 0 radical (unpaired) electrons. The molecule has 0 spiro atoms. The Bertz CT molecular complexity index is 487. The van der Waals surface area contributed by atoms with E-state index in [4.69, 9.17) is 4.74 Å². The van der Waals surface area contributed by atoms with Crippen LogP contribution in [-0.2, 0) is 0 Å². The minimum absolute atomic E-state index is 0.0471. The Morgan fingerprint density at radius 1 is 1.25 bits per heavy atom. The molecule has 20 heavy (non-hydrogen) atoms. The van der Waals surface area contributed by atoms with Gasteiger partial charge in [0.05, 0.1) is 17.6 Å². The van der Waals surface area contributed by atoms with E-state index in [1.54, 1.807) is 6.07 Å². The lowest BCUT2D eigenvalue weighted by atomic mass is 9.76. The molecule has 1 aliphatic rings. The van der Waals surface area contributed by atoms with E-state index in [9.17, 15) is 10.1 Å². The van der Waals surface area contributed by atoms with E-state index in [-0.39, 0.29) is 11.1 Å². The number of nitro groups is 1. The zero-order valence-electron chi connectivity index (χ0n) is 11.1. The number of ether oxygens (including phenoxy) is 1. The highest BCUT2D eigenvalue weighted by molar-refractivity contribution is 9.10. The van der Waals surface area contributed by atoms with Crippen molar-refractivity contribution in [2.45, 2.75) is 32.1 Å². The number of nitrogens with zero attached hydrogens (tertiary/aromatic N) is 1. The quantitative estimate of drug-likeness (QED) is 0.389. The van der Waals surface area contributed by atoms with Gasteiger partial charge in [-0.3, -0.25) is 10.1 Å². The predicted molar refractivity (Wildman–Crippen MR) is 85.6 cm³/mol. The molecule has 0 atom stereocenters. The van der Waals surface area contributed by atoms with E-state index in [2.05, 4.69) is 31.9 Å². The van der Waals surface area contributed by atoms with Gasteiger partial charge in [0.1, 0.15) is 5.75 Å². The van der Waals surface area contributed by atoms with Gasteiger partial charge in [-0.25, -0.2) is 0 Å². The molecule has 1 aliphatic carbocycles. The average molecular weight is 407 g/mol. The van der Waals surface area contributed by atoms with Gasteiger partial charge in [0.2, 0.25) is 0 Å². The topological polar surface area (TPSA) is 52.4 Å². The van der Waals surface area contributed by atoms with Crippen LogP contribution in [-0.4, -0.2) is 16.9 Å². The van der Waals surface area contributed by atoms with E-state index in [1.165, 1.54) is 31.4 Å². The monoisotopic (exact) mass is 405 g/mol. The Balaban J connectivity index is 2.07. The molecule has 110 valence electrons. The molecule has 0 aliphatic heterocycles. The number of benzene rings is 1. The number of hydrogen-bond acceptors (Lipinski definition) is 3. The fourth-order valence-electron chi connectivity index (χ4n) is 2.59. The summed E-state index contributed by atoms with van der Waals surface area (Å²) in [7, 11) is 0. The Kier molecular flexibility index (Phi) is 5.43. The van der Waals surface area contributed by atoms with Crippen LogP contribution < -0.4 is 4.74 Å². The third-order valence-electron chi connectivity index (χ3n) is 3.81. The Morgan fingerprint density at radius 2 is 1.95 bits per heavy atom. The minimum atomic E-state index is -0.404. The molecule has 0 bridgehead atoms. The standard InChI is InChI=1S/C14H17Br2NO3/c15-9-14(4-2-1-3-5-14)10-20-13-7-11(16)6-12(8-13)17(18)19/h6-8H,1-5,9-10H2. The SMILES string of the molecule is O=[N+]([O-])c1cc(Br)cc(OCC2(CBr)CCCCC2)c1. The van der Waals surface area contributed by atoms with Crippen LogP contribution in [0.3, 0.4) is 0 Å². The van der Waals surface area contributed by atoms with Crippen LogP contribution >= 0.6 is 31.9 Å². The summed E-state index contributed by atoms with van der Waals surface area (Å²) in [6.45, 7) is 0.603. The highest BCUT2D eigenvalue weighted by Crippen LogP contribution is 2.38. The third-order valence-corrected chi connectivity index (χ3v) is 5.46. The summed E-state index contributed by atoms with van der Waals surface area (Å²) < 4.78 is 6.51. The van der Waals surface area contributed by atoms with Gasteiger partial charge >= 0.3 is 0 Å². The van der Waals surface area contributed by atoms with Gasteiger partial charge < -0.3 is 4.74 Å². The van der Waals surface area contributed by atoms with Crippen molar-refractivity contribution < 1.29 is 9.66 Å². The number of alkyl halides is 1. The number of nitro benzene ring substituents is 1. The van der Waals surface area contributed by atoms with Crippen molar-refractivity contribution in [1.82, 2.24) is 0 Å². The second kappa shape index (κ2) is 6.89. The van der Waals surface area contributed by atoms with E-state index in [0.717, 1.165) is 18.2 Å². The first-order chi connectivity index (χ1) is 9.54. The Hall–Kier alpha value is -0.620. The van der Waals surface area contributed by atoms with E-state index in [1.807, 2.05) is 0 Å². The molecular weight excluding hydrogens is 390 g/mol. The maximum atomic E-state index is 10.9. The molecule has 0 N–H and O–H groups in total. The molecule has 0 amide bonds. The molecule has 1 aromatic rings. The maximum absolute atomic E-state index is 10.9. The average Bonchev–Trinajstić information content (AvgIpc) is 2.45. The molecule has 6 heteroatoms. The summed E-state index contributed by atoms with van der Waals surface area (Å²) in [6, 6.07) is 4.74. The molecule has 4 nitrogen and oxygen atoms in total. The molecule has 1 aromatic carbocycles. The third kappa shape index (κ3) is 3.95. The van der Waals surface area contributed by atoms with Crippen molar-refractivity contribution in [3.8, 4) is 5.75 Å². The Labute approximate surface area is 135 Å². The minimum Gasteiger partial charge on any atom is -0.493 e. The number of hydrogen-bond donors (Lipinski definition) is 0. The smallest absolute Gasteiger partial charge is 0.274 e. The van der Waals surface area contributed by atoms with Crippen LogP contribution in [0.4, 0.5) is 5.69 Å². The molecule has 0 heterocycles. The largest absolute Gasteiger partial charge is 0.493 e. The van der Waals surface area contributed by atoms with Gasteiger partial charge in [0, 0.05) is 21.3 Å². The first-order valence-corrected chi connectivity index (χ1v) is 8.60. The maximum Gasteiger partial charge on any atom is 0.274 e. The fraction of sp³-hybridized carbons (Fsp3) is 0.571. The van der Waals surface area contributed by atoms with Gasteiger partial charge in [-0.2, -0.15) is 0 Å². The first kappa shape index (κ1) is 15.8. The van der Waals surface area contributed by atoms with Crippen molar-refractivity contribution in [3.63, 3.8) is 0 Å². The lowest BCUT2D eigenvalue weighted by Gasteiger charge is -2.35. The zero-order valence-corrected chi connectivity index (χ0v) is 14.3. The fourth-order valence-corrected chi connectivity index (χ4v) is 3.77. The molecule has 1 saturated carbocycles. The summed E-state index contributed by atoms with van der Waals surface area (Å²) in [4.78, 5) is 10.4. The van der Waals surface area contributed by atoms with Crippen LogP contribution in [0.2, 0.25) is 0 Å². The Morgan fingerprint density at radius 3 is 2.55 bits per heavy atom. The summed E-state index contributed by atoms with van der Waals surface area (Å²) in [5, 5.41) is 11.8. The highest BCUT2D eigenvalue weighted by Gasteiger charge is 2.32. The molecule has 0 aromatic heterocycles. The van der Waals surface area contributed by atoms with Gasteiger partial charge in [0.15, 0.2) is 0 Å². The lowest BCUT2D eigenvalue weighted by molar-refractivity contribution is -0.385. The van der Waals surface area contributed by atoms with Crippen molar-refractivity contribution in [2.75, 3.05) is 11.9 Å². The van der Waals surface area contributed by atoms with Crippen LogP contribution in [0.5, 0.6) is 5.75 Å². The van der Waals surface area contributed by atoms with Gasteiger partial charge in [-0.05, 0) is 18.9 Å². The number of rotatable bonds is 5.